The first-order valence-corrected chi connectivity index (χ1v) is 11.5. The number of benzene rings is 3. The first-order chi connectivity index (χ1) is 15.8. The van der Waals surface area contributed by atoms with Crippen LogP contribution >= 0.6 is 0 Å². The number of carboxylic acid groups (broad SMARTS) is 1. The van der Waals surface area contributed by atoms with Gasteiger partial charge in [-0.25, -0.2) is 18.2 Å². The zero-order valence-electron chi connectivity index (χ0n) is 17.6. The maximum Gasteiger partial charge on any atom is 0.337 e. The molecule has 166 valence electrons. The summed E-state index contributed by atoms with van der Waals surface area (Å²) in [6.07, 6.45) is 1.42. The fraction of sp³-hybridized carbons (Fsp3) is 0.0400. The first-order valence-electron chi connectivity index (χ1n) is 9.98. The molecule has 0 unspecified atom stereocenters. The van der Waals surface area contributed by atoms with Crippen LogP contribution in [0.15, 0.2) is 96.0 Å². The molecular formula is C25H20N2O5S. The molecule has 1 heterocycles. The van der Waals surface area contributed by atoms with E-state index < -0.39 is 16.0 Å². The average Bonchev–Trinajstić information content (AvgIpc) is 2.81. The van der Waals surface area contributed by atoms with Crippen LogP contribution in [-0.4, -0.2) is 24.5 Å². The van der Waals surface area contributed by atoms with Crippen LogP contribution in [0.3, 0.4) is 0 Å². The molecule has 0 amide bonds. The number of carboxylic acids is 1. The Hall–Kier alpha value is -4.17. The van der Waals surface area contributed by atoms with E-state index in [1.807, 2.05) is 49.4 Å². The van der Waals surface area contributed by atoms with Crippen molar-refractivity contribution in [1.82, 2.24) is 4.98 Å². The molecule has 33 heavy (non-hydrogen) atoms. The number of carbonyl (C=O) groups is 1. The summed E-state index contributed by atoms with van der Waals surface area (Å²) in [5.74, 6) is -0.951. The van der Waals surface area contributed by atoms with Crippen LogP contribution in [0, 0.1) is 6.92 Å². The number of ether oxygens (including phenoxy) is 1. The van der Waals surface area contributed by atoms with Crippen LogP contribution in [0.1, 0.15) is 15.9 Å². The highest BCUT2D eigenvalue weighted by Crippen LogP contribution is 2.31. The van der Waals surface area contributed by atoms with E-state index in [0.717, 1.165) is 11.1 Å². The van der Waals surface area contributed by atoms with Gasteiger partial charge in [-0.1, -0.05) is 54.1 Å². The number of nitrogens with zero attached hydrogens (tertiary/aromatic N) is 1. The Kier molecular flexibility index (Phi) is 6.10. The van der Waals surface area contributed by atoms with E-state index in [1.165, 1.54) is 30.5 Å². The Morgan fingerprint density at radius 1 is 0.909 bits per heavy atom. The molecule has 0 aliphatic carbocycles. The van der Waals surface area contributed by atoms with Gasteiger partial charge in [0.2, 0.25) is 5.88 Å². The first kappa shape index (κ1) is 22.0. The van der Waals surface area contributed by atoms with Crippen LogP contribution in [0.4, 0.5) is 5.69 Å². The van der Waals surface area contributed by atoms with Crippen LogP contribution in [-0.2, 0) is 10.0 Å². The van der Waals surface area contributed by atoms with Gasteiger partial charge in [-0.15, -0.1) is 0 Å². The van der Waals surface area contributed by atoms with Gasteiger partial charge in [0.1, 0.15) is 10.6 Å². The summed E-state index contributed by atoms with van der Waals surface area (Å²) in [4.78, 5) is 15.6. The molecule has 0 bridgehead atoms. The van der Waals surface area contributed by atoms with Crippen molar-refractivity contribution in [3.63, 3.8) is 0 Å². The van der Waals surface area contributed by atoms with Gasteiger partial charge in [-0.3, -0.25) is 4.72 Å². The molecule has 4 rings (SSSR count). The van der Waals surface area contributed by atoms with Crippen molar-refractivity contribution in [2.75, 3.05) is 4.72 Å². The van der Waals surface area contributed by atoms with Gasteiger partial charge in [0.25, 0.3) is 10.0 Å². The van der Waals surface area contributed by atoms with Crippen LogP contribution in [0.2, 0.25) is 0 Å². The van der Waals surface area contributed by atoms with E-state index in [0.29, 0.717) is 11.3 Å². The highest BCUT2D eigenvalue weighted by Gasteiger charge is 2.24. The Labute approximate surface area is 191 Å². The molecule has 0 fully saturated rings. The number of aryl methyl sites for hydroxylation is 1. The molecular weight excluding hydrogens is 440 g/mol. The van der Waals surface area contributed by atoms with Crippen molar-refractivity contribution < 1.29 is 23.1 Å². The van der Waals surface area contributed by atoms with Crippen molar-refractivity contribution in [3.05, 3.63) is 102 Å². The Bertz CT molecular complexity index is 1400. The molecule has 1 aromatic heterocycles. The fourth-order valence-corrected chi connectivity index (χ4v) is 4.35. The number of hydrogen-bond acceptors (Lipinski definition) is 5. The van der Waals surface area contributed by atoms with Gasteiger partial charge in [-0.05, 0) is 54.4 Å². The van der Waals surface area contributed by atoms with Crippen LogP contribution in [0.5, 0.6) is 11.6 Å². The smallest absolute Gasteiger partial charge is 0.337 e. The quantitative estimate of drug-likeness (QED) is 0.385. The summed E-state index contributed by atoms with van der Waals surface area (Å²) >= 11 is 0. The molecule has 8 heteroatoms. The summed E-state index contributed by atoms with van der Waals surface area (Å²) in [5, 5.41) is 9.59. The summed E-state index contributed by atoms with van der Waals surface area (Å²) in [7, 11) is -4.23. The minimum atomic E-state index is -4.23. The van der Waals surface area contributed by atoms with Crippen molar-refractivity contribution >= 4 is 21.7 Å². The lowest BCUT2D eigenvalue weighted by molar-refractivity contribution is 0.0698. The predicted molar refractivity (Wildman–Crippen MR) is 125 cm³/mol. The minimum absolute atomic E-state index is 0.0611. The van der Waals surface area contributed by atoms with Gasteiger partial charge in [-0.2, -0.15) is 0 Å². The number of rotatable bonds is 7. The van der Waals surface area contributed by atoms with Gasteiger partial charge in [0, 0.05) is 6.20 Å². The van der Waals surface area contributed by atoms with Crippen molar-refractivity contribution in [1.29, 1.82) is 0 Å². The second-order valence-corrected chi connectivity index (χ2v) is 8.91. The molecule has 2 N–H and O–H groups in total. The third-order valence-electron chi connectivity index (χ3n) is 4.86. The van der Waals surface area contributed by atoms with Gasteiger partial charge >= 0.3 is 5.97 Å². The van der Waals surface area contributed by atoms with E-state index in [4.69, 9.17) is 4.74 Å². The summed E-state index contributed by atoms with van der Waals surface area (Å²) in [6, 6.07) is 23.6. The maximum atomic E-state index is 13.3. The van der Waals surface area contributed by atoms with Crippen LogP contribution in [0.25, 0.3) is 11.1 Å². The molecule has 0 atom stereocenters. The number of nitrogens with one attached hydrogen (secondary N) is 1. The number of pyridine rings is 1. The highest BCUT2D eigenvalue weighted by atomic mass is 32.2. The topological polar surface area (TPSA) is 106 Å². The molecule has 0 aliphatic rings. The molecule has 0 saturated carbocycles. The van der Waals surface area contributed by atoms with E-state index in [2.05, 4.69) is 9.71 Å². The lowest BCUT2D eigenvalue weighted by Crippen LogP contribution is -2.17. The fourth-order valence-electron chi connectivity index (χ4n) is 3.20. The lowest BCUT2D eigenvalue weighted by atomic mass is 10.0. The Morgan fingerprint density at radius 2 is 1.64 bits per heavy atom. The minimum Gasteiger partial charge on any atom is -0.478 e. The lowest BCUT2D eigenvalue weighted by Gasteiger charge is -2.14. The van der Waals surface area contributed by atoms with E-state index in [1.54, 1.807) is 18.2 Å². The normalized spacial score (nSPS) is 11.1. The molecule has 0 spiro atoms. The van der Waals surface area contributed by atoms with Gasteiger partial charge < -0.3 is 9.84 Å². The second kappa shape index (κ2) is 9.13. The summed E-state index contributed by atoms with van der Waals surface area (Å²) in [6.45, 7) is 1.92. The molecule has 7 nitrogen and oxygen atoms in total. The van der Waals surface area contributed by atoms with Crippen LogP contribution < -0.4 is 9.46 Å². The maximum absolute atomic E-state index is 13.3. The molecule has 0 aliphatic heterocycles. The molecule has 0 radical (unpaired) electrons. The number of anilines is 1. The summed E-state index contributed by atoms with van der Waals surface area (Å²) < 4.78 is 34.6. The largest absolute Gasteiger partial charge is 0.478 e. The second-order valence-electron chi connectivity index (χ2n) is 7.26. The van der Waals surface area contributed by atoms with Crippen molar-refractivity contribution in [2.24, 2.45) is 0 Å². The zero-order chi connectivity index (χ0) is 23.4. The van der Waals surface area contributed by atoms with E-state index in [-0.39, 0.29) is 22.0 Å². The standard InChI is InChI=1S/C25H20N2O5S/c1-17-9-12-20(13-10-17)32-24-23(8-5-15-26-24)33(30,31)27-22-16-19(11-14-21(22)25(28)29)18-6-3-2-4-7-18/h2-16,27H,1H3,(H,28,29). The summed E-state index contributed by atoms with van der Waals surface area (Å²) in [5.41, 5.74) is 2.27. The van der Waals surface area contributed by atoms with Gasteiger partial charge in [0.15, 0.2) is 0 Å². The van der Waals surface area contributed by atoms with E-state index >= 15 is 0 Å². The molecule has 0 saturated heterocycles. The molecule has 4 aromatic rings. The molecule has 3 aromatic carbocycles. The Morgan fingerprint density at radius 3 is 2.33 bits per heavy atom. The van der Waals surface area contributed by atoms with Gasteiger partial charge in [0.05, 0.1) is 11.3 Å². The number of aromatic carboxylic acids is 1. The number of sulfonamides is 1. The average molecular weight is 461 g/mol. The third-order valence-corrected chi connectivity index (χ3v) is 6.24. The van der Waals surface area contributed by atoms with Crippen molar-refractivity contribution in [3.8, 4) is 22.8 Å². The third kappa shape index (κ3) is 5.02. The predicted octanol–water partition coefficient (Wildman–Crippen LogP) is 5.35. The number of aromatic nitrogens is 1. The monoisotopic (exact) mass is 460 g/mol. The Balaban J connectivity index is 1.72. The number of hydrogen-bond donors (Lipinski definition) is 2. The zero-order valence-corrected chi connectivity index (χ0v) is 18.4. The van der Waals surface area contributed by atoms with Crippen molar-refractivity contribution in [2.45, 2.75) is 11.8 Å². The SMILES string of the molecule is Cc1ccc(Oc2ncccc2S(=O)(=O)Nc2cc(-c3ccccc3)ccc2C(=O)O)cc1. The van der Waals surface area contributed by atoms with E-state index in [9.17, 15) is 18.3 Å². The highest BCUT2D eigenvalue weighted by molar-refractivity contribution is 7.92.